The first kappa shape index (κ1) is 38.5. The number of nitrogens with one attached hydrogen (secondary N) is 4. The molecule has 2 aliphatic carbocycles. The van der Waals surface area contributed by atoms with Gasteiger partial charge in [0, 0.05) is 37.8 Å². The van der Waals surface area contributed by atoms with Gasteiger partial charge in [0.2, 0.25) is 21.8 Å². The highest BCUT2D eigenvalue weighted by Gasteiger charge is 2.62. The normalized spacial score (nSPS) is 29.0. The van der Waals surface area contributed by atoms with Crippen LogP contribution in [0.5, 0.6) is 0 Å². The summed E-state index contributed by atoms with van der Waals surface area (Å²) in [6, 6.07) is 0.590. The lowest BCUT2D eigenvalue weighted by Gasteiger charge is -2.30. The Bertz CT molecular complexity index is 1700. The lowest BCUT2D eigenvalue weighted by Crippen LogP contribution is -2.58. The van der Waals surface area contributed by atoms with E-state index in [1.807, 2.05) is 12.2 Å². The zero-order valence-electron chi connectivity index (χ0n) is 30.6. The zero-order chi connectivity index (χ0) is 38.0. The number of nitrogens with zero attached hydrogens (tertiary/aromatic N) is 3. The Labute approximate surface area is 310 Å². The van der Waals surface area contributed by atoms with Crippen LogP contribution in [0.4, 0.5) is 10.6 Å². The van der Waals surface area contributed by atoms with Crippen molar-refractivity contribution in [2.24, 2.45) is 5.92 Å². The molecule has 6 rings (SSSR count). The van der Waals surface area contributed by atoms with Crippen LogP contribution in [0.3, 0.4) is 0 Å². The number of pyridine rings is 1. The first-order chi connectivity index (χ1) is 25.1. The van der Waals surface area contributed by atoms with Gasteiger partial charge in [-0.25, -0.2) is 18.2 Å². The van der Waals surface area contributed by atoms with Crippen molar-refractivity contribution >= 4 is 45.6 Å². The number of hydrogen-bond acceptors (Lipinski definition) is 11. The number of allylic oxidation sites excluding steroid dienone is 1. The Kier molecular flexibility index (Phi) is 11.3. The Balaban J connectivity index is 1.24. The fourth-order valence-electron chi connectivity index (χ4n) is 7.12. The van der Waals surface area contributed by atoms with Crippen LogP contribution < -0.4 is 25.6 Å². The number of sulfonamides is 1. The Morgan fingerprint density at radius 2 is 1.79 bits per heavy atom. The number of aromatic nitrogens is 1. The molecule has 4 fully saturated rings. The van der Waals surface area contributed by atoms with E-state index < -0.39 is 80.2 Å². The second kappa shape index (κ2) is 15.6. The largest absolute Gasteiger partial charge is 0.444 e. The minimum absolute atomic E-state index is 0.0142. The molecule has 17 heteroatoms. The number of alkyl carbamates (subject to hydrolysis) is 1. The molecule has 2 saturated carbocycles. The molecule has 0 bridgehead atoms. The minimum Gasteiger partial charge on any atom is -0.444 e. The van der Waals surface area contributed by atoms with Gasteiger partial charge < -0.3 is 35.2 Å². The number of fused-ring (bicyclic) bond motifs is 2. The maximum absolute atomic E-state index is 14.3. The average molecular weight is 758 g/mol. The quantitative estimate of drug-likeness (QED) is 0.294. The van der Waals surface area contributed by atoms with Crippen LogP contribution >= 0.6 is 0 Å². The molecule has 4 N–H and O–H groups in total. The predicted octanol–water partition coefficient (Wildman–Crippen LogP) is 1.51. The van der Waals surface area contributed by atoms with Gasteiger partial charge in [-0.15, -0.1) is 0 Å². The molecule has 5 amide bonds. The topological polar surface area (TPSA) is 205 Å². The van der Waals surface area contributed by atoms with Gasteiger partial charge in [-0.1, -0.05) is 25.0 Å². The molecule has 0 radical (unpaired) electrons. The van der Waals surface area contributed by atoms with Crippen LogP contribution in [0.1, 0.15) is 88.9 Å². The average Bonchev–Trinajstić information content (AvgIpc) is 4.03. The highest BCUT2D eigenvalue weighted by Crippen LogP contribution is 2.46. The van der Waals surface area contributed by atoms with Crippen molar-refractivity contribution in [2.45, 2.75) is 113 Å². The monoisotopic (exact) mass is 757 g/mol. The molecule has 0 spiro atoms. The predicted molar refractivity (Wildman–Crippen MR) is 193 cm³/mol. The molecular formula is C36H51N7O9S. The third-order valence-corrected chi connectivity index (χ3v) is 12.1. The van der Waals surface area contributed by atoms with E-state index in [9.17, 15) is 32.4 Å². The summed E-state index contributed by atoms with van der Waals surface area (Å²) in [4.78, 5) is 76.4. The van der Waals surface area contributed by atoms with E-state index in [2.05, 4.69) is 30.6 Å². The fraction of sp³-hybridized carbons (Fsp3) is 0.667. The van der Waals surface area contributed by atoms with E-state index >= 15 is 0 Å². The highest BCUT2D eigenvalue weighted by atomic mass is 32.2. The standard InChI is InChI=1S/C36H51N7O9S/c1-35(2,3)52-34(48)39-27-10-8-6-4-5-7-9-24-20-36(24,33(47)41-53(49,50)26-12-13-26)40-31(45)28-19-25(22-43(28)32(27)46)38-30(44)23-11-14-29(37-21-23)42-15-17-51-18-16-42/h7,9,11,14,21,24-28H,4-6,8,10,12-13,15-20,22H2,1-3H3,(H,38,44)(H,39,48)(H,40,45)(H,41,47)/b9-7-/t24-,25+,27-,28-,36+/m0/s1. The molecule has 5 atom stereocenters. The molecule has 3 aliphatic heterocycles. The van der Waals surface area contributed by atoms with Gasteiger partial charge in [-0.05, 0) is 77.8 Å². The second-order valence-corrected chi connectivity index (χ2v) is 17.6. The summed E-state index contributed by atoms with van der Waals surface area (Å²) in [6.45, 7) is 7.65. The van der Waals surface area contributed by atoms with E-state index in [0.717, 1.165) is 18.7 Å². The maximum Gasteiger partial charge on any atom is 0.408 e. The van der Waals surface area contributed by atoms with Crippen LogP contribution in [0.15, 0.2) is 30.5 Å². The summed E-state index contributed by atoms with van der Waals surface area (Å²) in [6.07, 6.45) is 8.71. The van der Waals surface area contributed by atoms with Crippen molar-refractivity contribution in [3.63, 3.8) is 0 Å². The third-order valence-electron chi connectivity index (χ3n) is 10.3. The van der Waals surface area contributed by atoms with E-state index in [1.165, 1.54) is 11.1 Å². The summed E-state index contributed by atoms with van der Waals surface area (Å²) in [5, 5.41) is 7.84. The summed E-state index contributed by atoms with van der Waals surface area (Å²) in [5.41, 5.74) is -2.04. The van der Waals surface area contributed by atoms with E-state index in [0.29, 0.717) is 64.0 Å². The number of morpholine rings is 1. The molecular weight excluding hydrogens is 707 g/mol. The molecule has 53 heavy (non-hydrogen) atoms. The van der Waals surface area contributed by atoms with Gasteiger partial charge in [0.1, 0.15) is 29.0 Å². The van der Waals surface area contributed by atoms with Crippen LogP contribution in [0, 0.1) is 5.92 Å². The minimum atomic E-state index is -3.90. The maximum atomic E-state index is 14.3. The number of ether oxygens (including phenoxy) is 2. The summed E-state index contributed by atoms with van der Waals surface area (Å²) in [5.74, 6) is -2.16. The van der Waals surface area contributed by atoms with Crippen molar-refractivity contribution in [1.29, 1.82) is 0 Å². The van der Waals surface area contributed by atoms with Crippen molar-refractivity contribution in [1.82, 2.24) is 30.6 Å². The number of anilines is 1. The van der Waals surface area contributed by atoms with Crippen LogP contribution in [0.25, 0.3) is 0 Å². The Hall–Kier alpha value is -4.25. The highest BCUT2D eigenvalue weighted by molar-refractivity contribution is 7.91. The van der Waals surface area contributed by atoms with Gasteiger partial charge in [-0.2, -0.15) is 0 Å². The van der Waals surface area contributed by atoms with Crippen molar-refractivity contribution in [2.75, 3.05) is 37.7 Å². The van der Waals surface area contributed by atoms with E-state index in [-0.39, 0.29) is 19.4 Å². The van der Waals surface area contributed by atoms with Gasteiger partial charge in [0.25, 0.3) is 11.8 Å². The molecule has 290 valence electrons. The number of rotatable bonds is 7. The lowest BCUT2D eigenvalue weighted by molar-refractivity contribution is -0.141. The summed E-state index contributed by atoms with van der Waals surface area (Å²) >= 11 is 0. The number of hydrogen-bond donors (Lipinski definition) is 4. The SMILES string of the molecule is CC(C)(C)OC(=O)N[C@H]1CCCCC/C=C\[C@H]2C[C@@]2(C(=O)NS(=O)(=O)C2CC2)NC(=O)[C@@H]2C[C@@H](NC(=O)c3ccc(N4CCOCC4)nc3)CN2C1=O. The van der Waals surface area contributed by atoms with E-state index in [1.54, 1.807) is 32.9 Å². The zero-order valence-corrected chi connectivity index (χ0v) is 31.4. The third kappa shape index (κ3) is 9.47. The Morgan fingerprint density at radius 1 is 1.04 bits per heavy atom. The molecule has 5 aliphatic rings. The molecule has 1 aromatic heterocycles. The van der Waals surface area contributed by atoms with Crippen molar-refractivity contribution in [3.05, 3.63) is 36.0 Å². The lowest BCUT2D eigenvalue weighted by atomic mass is 10.0. The molecule has 0 aromatic carbocycles. The number of amides is 5. The van der Waals surface area contributed by atoms with Crippen LogP contribution in [-0.2, 0) is 33.9 Å². The van der Waals surface area contributed by atoms with Gasteiger partial charge >= 0.3 is 6.09 Å². The Morgan fingerprint density at radius 3 is 2.47 bits per heavy atom. The van der Waals surface area contributed by atoms with Gasteiger partial charge in [0.05, 0.1) is 24.0 Å². The number of carbonyl (C=O) groups is 5. The first-order valence-corrected chi connectivity index (χ1v) is 20.1. The molecule has 1 aromatic rings. The van der Waals surface area contributed by atoms with Gasteiger partial charge in [-0.3, -0.25) is 23.9 Å². The molecule has 4 heterocycles. The fourth-order valence-corrected chi connectivity index (χ4v) is 8.49. The van der Waals surface area contributed by atoms with Gasteiger partial charge in [0.15, 0.2) is 0 Å². The van der Waals surface area contributed by atoms with Crippen LogP contribution in [0.2, 0.25) is 0 Å². The number of carbonyl (C=O) groups excluding carboxylic acids is 5. The van der Waals surface area contributed by atoms with E-state index in [4.69, 9.17) is 9.47 Å². The molecule has 0 unspecified atom stereocenters. The smallest absolute Gasteiger partial charge is 0.408 e. The first-order valence-electron chi connectivity index (χ1n) is 18.6. The van der Waals surface area contributed by atoms with Crippen molar-refractivity contribution in [3.8, 4) is 0 Å². The summed E-state index contributed by atoms with van der Waals surface area (Å²) < 4.78 is 38.6. The van der Waals surface area contributed by atoms with Crippen LogP contribution in [-0.4, -0.2) is 115 Å². The molecule has 2 saturated heterocycles. The molecule has 16 nitrogen and oxygen atoms in total. The summed E-state index contributed by atoms with van der Waals surface area (Å²) in [7, 11) is -3.90. The second-order valence-electron chi connectivity index (χ2n) is 15.6. The van der Waals surface area contributed by atoms with Crippen molar-refractivity contribution < 1.29 is 41.9 Å².